The standard InChI is InChI=1S/C28H53N9O2.8BrH.2H2O/c38-37(39)28-22-26(24-35-17-3-9-31-13-11-29-5-1-7-33-15-19-35)21-27(23-28)25-36-18-4-10-32-14-12-30-6-2-8-34-16-20-36;;;;;;;;;;/h21-23,29-34H,1-20,24-25H2;8*1H;2*1H2. The Morgan fingerprint density at radius 1 is 0.469 bits per heavy atom. The molecular formula is C28H65Br8N9O4. The Morgan fingerprint density at radius 2 is 0.776 bits per heavy atom. The molecule has 0 saturated carbocycles. The van der Waals surface area contributed by atoms with Crippen LogP contribution in [0.4, 0.5) is 5.69 Å². The molecular weight excluding hydrogens is 1170 g/mol. The van der Waals surface area contributed by atoms with Gasteiger partial charge in [0.05, 0.1) is 4.92 Å². The molecule has 0 radical (unpaired) electrons. The number of hydrogen-bond acceptors (Lipinski definition) is 10. The molecule has 0 amide bonds. The molecule has 2 saturated heterocycles. The molecule has 49 heavy (non-hydrogen) atoms. The van der Waals surface area contributed by atoms with Gasteiger partial charge in [-0.1, -0.05) is 6.07 Å². The van der Waals surface area contributed by atoms with Crippen LogP contribution in [0.2, 0.25) is 0 Å². The predicted octanol–water partition coefficient (Wildman–Crippen LogP) is 3.30. The van der Waals surface area contributed by atoms with Crippen molar-refractivity contribution in [1.82, 2.24) is 41.7 Å². The second-order valence-electron chi connectivity index (χ2n) is 10.7. The Bertz CT molecular complexity index is 755. The lowest BCUT2D eigenvalue weighted by molar-refractivity contribution is -0.385. The van der Waals surface area contributed by atoms with Crippen LogP contribution < -0.4 is 31.9 Å². The van der Waals surface area contributed by atoms with Crippen LogP contribution in [0.25, 0.3) is 0 Å². The third-order valence-corrected chi connectivity index (χ3v) is 7.30. The molecule has 0 atom stereocenters. The molecule has 2 aliphatic rings. The Morgan fingerprint density at radius 3 is 1.10 bits per heavy atom. The van der Waals surface area contributed by atoms with E-state index < -0.39 is 0 Å². The summed E-state index contributed by atoms with van der Waals surface area (Å²) in [5.41, 5.74) is 2.27. The van der Waals surface area contributed by atoms with Gasteiger partial charge in [-0.2, -0.15) is 0 Å². The van der Waals surface area contributed by atoms with E-state index in [9.17, 15) is 10.1 Å². The molecule has 0 spiro atoms. The lowest BCUT2D eigenvalue weighted by Crippen LogP contribution is -2.37. The number of hydrogen-bond donors (Lipinski definition) is 6. The summed E-state index contributed by atoms with van der Waals surface area (Å²) in [4.78, 5) is 16.5. The van der Waals surface area contributed by atoms with Crippen LogP contribution in [0.5, 0.6) is 0 Å². The summed E-state index contributed by atoms with van der Waals surface area (Å²) in [6.07, 6.45) is 4.36. The molecule has 3 rings (SSSR count). The van der Waals surface area contributed by atoms with Crippen molar-refractivity contribution in [3.8, 4) is 0 Å². The quantitative estimate of drug-likeness (QED) is 0.189. The monoisotopic (exact) mass is 1220 g/mol. The van der Waals surface area contributed by atoms with Gasteiger partial charge in [0.1, 0.15) is 0 Å². The van der Waals surface area contributed by atoms with Gasteiger partial charge in [-0.25, -0.2) is 0 Å². The highest BCUT2D eigenvalue weighted by molar-refractivity contribution is 8.93. The van der Waals surface area contributed by atoms with Crippen LogP contribution in [0.1, 0.15) is 36.8 Å². The summed E-state index contributed by atoms with van der Waals surface area (Å²) in [7, 11) is 0. The Balaban J connectivity index is -0.000000280. The second kappa shape index (κ2) is 46.2. The normalized spacial score (nSPS) is 17.5. The maximum Gasteiger partial charge on any atom is 0.270 e. The number of benzene rings is 1. The molecule has 0 aliphatic carbocycles. The van der Waals surface area contributed by atoms with Gasteiger partial charge in [-0.15, -0.1) is 136 Å². The van der Waals surface area contributed by atoms with E-state index in [1.807, 2.05) is 0 Å². The number of rotatable bonds is 5. The fourth-order valence-corrected chi connectivity index (χ4v) is 5.20. The first-order valence-corrected chi connectivity index (χ1v) is 15.2. The summed E-state index contributed by atoms with van der Waals surface area (Å²) in [6, 6.07) is 5.74. The van der Waals surface area contributed by atoms with E-state index >= 15 is 0 Å². The third-order valence-electron chi connectivity index (χ3n) is 7.30. The van der Waals surface area contributed by atoms with Crippen LogP contribution in [-0.4, -0.2) is 130 Å². The summed E-state index contributed by atoms with van der Waals surface area (Å²) >= 11 is 0. The minimum Gasteiger partial charge on any atom is -0.412 e. The van der Waals surface area contributed by atoms with Crippen molar-refractivity contribution in [3.63, 3.8) is 0 Å². The number of halogens is 8. The number of nitrogens with one attached hydrogen (secondary N) is 6. The second-order valence-corrected chi connectivity index (χ2v) is 10.7. The molecule has 0 unspecified atom stereocenters. The molecule has 1 aromatic rings. The zero-order chi connectivity index (χ0) is 27.4. The van der Waals surface area contributed by atoms with Crippen molar-refractivity contribution in [2.45, 2.75) is 38.8 Å². The largest absolute Gasteiger partial charge is 0.412 e. The van der Waals surface area contributed by atoms with E-state index in [4.69, 9.17) is 0 Å². The SMILES string of the molecule is Br.Br.Br.Br.Br.Br.Br.Br.O.O.O=[N+]([O-])c1cc(CN2CCCNCCNCCCNCC2)cc(CN2CCCNCCNCCCNCC2)c1. The summed E-state index contributed by atoms with van der Waals surface area (Å²) in [5.74, 6) is 0. The van der Waals surface area contributed by atoms with Crippen molar-refractivity contribution >= 4 is 142 Å². The Hall–Kier alpha value is 2.06. The van der Waals surface area contributed by atoms with Crippen LogP contribution in [0, 0.1) is 10.1 Å². The first-order chi connectivity index (χ1) is 19.2. The maximum absolute atomic E-state index is 11.9. The molecule has 21 heteroatoms. The van der Waals surface area contributed by atoms with Crippen LogP contribution in [0.15, 0.2) is 18.2 Å². The minimum atomic E-state index is -0.238. The highest BCUT2D eigenvalue weighted by atomic mass is 79.9. The third kappa shape index (κ3) is 34.3. The highest BCUT2D eigenvalue weighted by Gasteiger charge is 2.15. The van der Waals surface area contributed by atoms with Gasteiger partial charge in [-0.05, 0) is 89.2 Å². The van der Waals surface area contributed by atoms with Crippen molar-refractivity contribution in [2.24, 2.45) is 0 Å². The van der Waals surface area contributed by atoms with E-state index in [1.165, 1.54) is 0 Å². The van der Waals surface area contributed by atoms with Crippen molar-refractivity contribution in [1.29, 1.82) is 0 Å². The molecule has 302 valence electrons. The molecule has 2 fully saturated rings. The van der Waals surface area contributed by atoms with Crippen molar-refractivity contribution < 1.29 is 15.9 Å². The molecule has 2 heterocycles. The minimum absolute atomic E-state index is 0. The fourth-order valence-electron chi connectivity index (χ4n) is 5.20. The van der Waals surface area contributed by atoms with E-state index in [-0.39, 0.29) is 157 Å². The zero-order valence-electron chi connectivity index (χ0n) is 28.2. The van der Waals surface area contributed by atoms with Crippen LogP contribution >= 0.6 is 136 Å². The van der Waals surface area contributed by atoms with Gasteiger partial charge in [-0.3, -0.25) is 19.9 Å². The van der Waals surface area contributed by atoms with Crippen molar-refractivity contribution in [3.05, 3.63) is 39.4 Å². The van der Waals surface area contributed by atoms with Crippen LogP contribution in [0.3, 0.4) is 0 Å². The first kappa shape index (κ1) is 69.0. The van der Waals surface area contributed by atoms with Gasteiger partial charge in [0.15, 0.2) is 0 Å². The number of non-ortho nitro benzene ring substituents is 1. The van der Waals surface area contributed by atoms with E-state index in [2.05, 4.69) is 47.8 Å². The zero-order valence-corrected chi connectivity index (χ0v) is 41.9. The average molecular weight is 1230 g/mol. The molecule has 0 bridgehead atoms. The van der Waals surface area contributed by atoms with Gasteiger partial charge < -0.3 is 42.9 Å². The number of nitro groups is 1. The van der Waals surface area contributed by atoms with E-state index in [0.29, 0.717) is 0 Å². The summed E-state index contributed by atoms with van der Waals surface area (Å²) in [5, 5.41) is 33.0. The molecule has 10 N–H and O–H groups in total. The summed E-state index contributed by atoms with van der Waals surface area (Å²) in [6.45, 7) is 17.2. The number of nitro benzene ring substituents is 1. The van der Waals surface area contributed by atoms with Crippen LogP contribution in [-0.2, 0) is 13.1 Å². The maximum atomic E-state index is 11.9. The topological polar surface area (TPSA) is 185 Å². The lowest BCUT2D eigenvalue weighted by atomic mass is 10.1. The molecule has 1 aromatic carbocycles. The first-order valence-electron chi connectivity index (χ1n) is 15.2. The predicted molar refractivity (Wildman–Crippen MR) is 249 cm³/mol. The molecule has 2 aliphatic heterocycles. The number of nitrogens with zero attached hydrogens (tertiary/aromatic N) is 3. The van der Waals surface area contributed by atoms with Gasteiger partial charge in [0, 0.05) is 77.6 Å². The smallest absolute Gasteiger partial charge is 0.270 e. The molecule has 13 nitrogen and oxygen atoms in total. The molecule has 0 aromatic heterocycles. The van der Waals surface area contributed by atoms with E-state index in [0.717, 1.165) is 155 Å². The fraction of sp³-hybridized carbons (Fsp3) is 0.786. The summed E-state index contributed by atoms with van der Waals surface area (Å²) < 4.78 is 0. The van der Waals surface area contributed by atoms with Crippen molar-refractivity contribution in [2.75, 3.05) is 105 Å². The average Bonchev–Trinajstić information content (AvgIpc) is 2.92. The van der Waals surface area contributed by atoms with E-state index in [1.54, 1.807) is 12.1 Å². The van der Waals surface area contributed by atoms with Gasteiger partial charge in [0.2, 0.25) is 0 Å². The Labute approximate surface area is 378 Å². The van der Waals surface area contributed by atoms with Gasteiger partial charge >= 0.3 is 0 Å². The Kier molecular flexibility index (Phi) is 65.1. The lowest BCUT2D eigenvalue weighted by Gasteiger charge is -2.25. The highest BCUT2D eigenvalue weighted by Crippen LogP contribution is 2.20. The van der Waals surface area contributed by atoms with Gasteiger partial charge in [0.25, 0.3) is 5.69 Å².